The Balaban J connectivity index is 0.00000441. The fourth-order valence-electron chi connectivity index (χ4n) is 3.91. The molecule has 0 aliphatic rings. The third-order valence-electron chi connectivity index (χ3n) is 5.67. The molecule has 0 bridgehead atoms. The molecule has 214 valence electrons. The summed E-state index contributed by atoms with van der Waals surface area (Å²) in [5, 5.41) is 6.00. The molecule has 0 aliphatic carbocycles. The van der Waals surface area contributed by atoms with Gasteiger partial charge in [0.05, 0.1) is 12.1 Å². The molecule has 12 heteroatoms. The summed E-state index contributed by atoms with van der Waals surface area (Å²) in [6.07, 6.45) is 4.37. The van der Waals surface area contributed by atoms with Crippen molar-refractivity contribution in [2.45, 2.75) is 27.3 Å². The number of aromatic nitrogens is 3. The molecule has 40 heavy (non-hydrogen) atoms. The second kappa shape index (κ2) is 13.5. The van der Waals surface area contributed by atoms with Crippen molar-refractivity contribution >= 4 is 50.7 Å². The first-order valence-corrected chi connectivity index (χ1v) is 14.7. The van der Waals surface area contributed by atoms with Crippen LogP contribution in [0.4, 0.5) is 11.5 Å². The molecule has 2 N–H and O–H groups in total. The maximum atomic E-state index is 11.9. The summed E-state index contributed by atoms with van der Waals surface area (Å²) in [4.78, 5) is 20.6. The summed E-state index contributed by atoms with van der Waals surface area (Å²) in [6, 6.07) is 15.2. The summed E-state index contributed by atoms with van der Waals surface area (Å²) in [7, 11) is -3.38. The number of hydrogen-bond acceptors (Lipinski definition) is 8. The van der Waals surface area contributed by atoms with E-state index in [-0.39, 0.29) is 19.0 Å². The van der Waals surface area contributed by atoms with Crippen molar-refractivity contribution in [3.63, 3.8) is 0 Å². The zero-order valence-electron chi connectivity index (χ0n) is 22.9. The molecule has 4 aromatic rings. The van der Waals surface area contributed by atoms with Crippen LogP contribution in [0.15, 0.2) is 61.1 Å². The number of benzene rings is 2. The highest BCUT2D eigenvalue weighted by atomic mass is 35.5. The van der Waals surface area contributed by atoms with E-state index >= 15 is 0 Å². The molecule has 0 aliphatic heterocycles. The fourth-order valence-corrected chi connectivity index (χ4v) is 4.49. The van der Waals surface area contributed by atoms with Crippen molar-refractivity contribution in [3.8, 4) is 17.2 Å². The van der Waals surface area contributed by atoms with Crippen molar-refractivity contribution in [1.82, 2.24) is 19.9 Å². The van der Waals surface area contributed by atoms with Gasteiger partial charge in [-0.1, -0.05) is 19.9 Å². The quantitative estimate of drug-likeness (QED) is 0.240. The second-order valence-electron chi connectivity index (χ2n) is 9.77. The molecule has 0 radical (unpaired) electrons. The molecule has 4 rings (SSSR count). The Morgan fingerprint density at radius 3 is 2.58 bits per heavy atom. The normalized spacial score (nSPS) is 11.2. The number of hydrogen-bond donors (Lipinski definition) is 2. The van der Waals surface area contributed by atoms with Gasteiger partial charge in [-0.15, -0.1) is 12.4 Å². The van der Waals surface area contributed by atoms with Crippen molar-refractivity contribution in [3.05, 3.63) is 66.6 Å². The Kier molecular flexibility index (Phi) is 10.4. The first-order valence-electron chi connectivity index (χ1n) is 12.6. The van der Waals surface area contributed by atoms with Gasteiger partial charge in [0.15, 0.2) is 15.7 Å². The lowest BCUT2D eigenvalue weighted by molar-refractivity contribution is -0.118. The Morgan fingerprint density at radius 1 is 1.07 bits per heavy atom. The van der Waals surface area contributed by atoms with E-state index in [9.17, 15) is 13.2 Å². The van der Waals surface area contributed by atoms with Crippen LogP contribution in [-0.2, 0) is 21.2 Å². The number of rotatable bonds is 12. The van der Waals surface area contributed by atoms with Crippen LogP contribution in [0.25, 0.3) is 11.0 Å². The summed E-state index contributed by atoms with van der Waals surface area (Å²) in [5.74, 6) is 2.16. The number of carbonyl (C=O) groups excluding carboxylic acids is 1. The van der Waals surface area contributed by atoms with E-state index in [1.165, 1.54) is 6.33 Å². The van der Waals surface area contributed by atoms with E-state index in [4.69, 9.17) is 9.47 Å². The van der Waals surface area contributed by atoms with Gasteiger partial charge in [-0.05, 0) is 54.8 Å². The highest BCUT2D eigenvalue weighted by molar-refractivity contribution is 7.91. The summed E-state index contributed by atoms with van der Waals surface area (Å²) in [5.41, 5.74) is 3.27. The van der Waals surface area contributed by atoms with E-state index in [0.29, 0.717) is 30.6 Å². The van der Waals surface area contributed by atoms with E-state index < -0.39 is 21.5 Å². The number of nitrogens with zero attached hydrogens (tertiary/aromatic N) is 3. The average Bonchev–Trinajstić information content (AvgIpc) is 3.28. The van der Waals surface area contributed by atoms with Crippen molar-refractivity contribution in [2.24, 2.45) is 5.92 Å². The minimum absolute atomic E-state index is 0. The van der Waals surface area contributed by atoms with Gasteiger partial charge in [0.2, 0.25) is 5.91 Å². The zero-order valence-corrected chi connectivity index (χ0v) is 24.5. The Morgan fingerprint density at radius 2 is 1.85 bits per heavy atom. The van der Waals surface area contributed by atoms with Crippen LogP contribution in [0.3, 0.4) is 0 Å². The van der Waals surface area contributed by atoms with E-state index in [2.05, 4.69) is 34.4 Å². The highest BCUT2D eigenvalue weighted by Crippen LogP contribution is 2.31. The standard InChI is InChI=1S/C28H33N5O5S.ClH/c1-19(2)16-37-22-6-5-7-23(15-22)38-25-9-8-21(14-20(25)3)32-28-27-24(30-18-31-28)10-12-33(27)13-11-29-26(34)17-39(4,35)36;/h5-10,12,14-15,18-19H,11,13,16-17H2,1-4H3,(H,29,34)(H,30,31,32);1H. The molecule has 0 saturated carbocycles. The van der Waals surface area contributed by atoms with Gasteiger partial charge in [-0.2, -0.15) is 0 Å². The molecular weight excluding hydrogens is 554 g/mol. The minimum Gasteiger partial charge on any atom is -0.493 e. The molecule has 0 atom stereocenters. The molecule has 2 aromatic heterocycles. The van der Waals surface area contributed by atoms with Crippen LogP contribution >= 0.6 is 12.4 Å². The van der Waals surface area contributed by atoms with E-state index in [0.717, 1.165) is 40.0 Å². The number of halogens is 1. The van der Waals surface area contributed by atoms with Crippen LogP contribution in [-0.4, -0.2) is 54.0 Å². The lowest BCUT2D eigenvalue weighted by Gasteiger charge is -2.14. The van der Waals surface area contributed by atoms with Gasteiger partial charge in [0, 0.05) is 37.3 Å². The number of ether oxygens (including phenoxy) is 2. The van der Waals surface area contributed by atoms with Crippen LogP contribution in [0.2, 0.25) is 0 Å². The lowest BCUT2D eigenvalue weighted by Crippen LogP contribution is -2.32. The van der Waals surface area contributed by atoms with Crippen molar-refractivity contribution in [2.75, 3.05) is 30.5 Å². The lowest BCUT2D eigenvalue weighted by atomic mass is 10.2. The van der Waals surface area contributed by atoms with Gasteiger partial charge in [-0.3, -0.25) is 4.79 Å². The third kappa shape index (κ3) is 8.59. The predicted molar refractivity (Wildman–Crippen MR) is 159 cm³/mol. The summed E-state index contributed by atoms with van der Waals surface area (Å²) >= 11 is 0. The number of aryl methyl sites for hydroxylation is 1. The summed E-state index contributed by atoms with van der Waals surface area (Å²) < 4.78 is 36.5. The Labute approximate surface area is 240 Å². The Hall–Kier alpha value is -3.83. The van der Waals surface area contributed by atoms with Crippen molar-refractivity contribution < 1.29 is 22.7 Å². The van der Waals surface area contributed by atoms with E-state index in [1.807, 2.05) is 66.2 Å². The zero-order chi connectivity index (χ0) is 28.0. The van der Waals surface area contributed by atoms with Gasteiger partial charge < -0.3 is 24.7 Å². The van der Waals surface area contributed by atoms with Gasteiger partial charge in [0.1, 0.15) is 34.8 Å². The van der Waals surface area contributed by atoms with Crippen LogP contribution < -0.4 is 20.1 Å². The first kappa shape index (κ1) is 30.7. The van der Waals surface area contributed by atoms with E-state index in [1.54, 1.807) is 0 Å². The number of sulfone groups is 1. The SMILES string of the molecule is Cc1cc(Nc2ncnc3ccn(CCNC(=O)CS(C)(=O)=O)c23)ccc1Oc1cccc(OCC(C)C)c1.Cl. The molecule has 0 saturated heterocycles. The molecule has 2 heterocycles. The molecule has 1 amide bonds. The molecule has 0 fully saturated rings. The molecule has 10 nitrogen and oxygen atoms in total. The second-order valence-corrected chi connectivity index (χ2v) is 11.9. The highest BCUT2D eigenvalue weighted by Gasteiger charge is 2.13. The van der Waals surface area contributed by atoms with Gasteiger partial charge in [-0.25, -0.2) is 18.4 Å². The first-order chi connectivity index (χ1) is 18.6. The monoisotopic (exact) mass is 587 g/mol. The third-order valence-corrected chi connectivity index (χ3v) is 6.46. The van der Waals surface area contributed by atoms with Crippen LogP contribution in [0.1, 0.15) is 19.4 Å². The smallest absolute Gasteiger partial charge is 0.235 e. The largest absolute Gasteiger partial charge is 0.493 e. The van der Waals surface area contributed by atoms with Gasteiger partial charge in [0.25, 0.3) is 0 Å². The Bertz CT molecular complexity index is 1570. The number of nitrogens with one attached hydrogen (secondary N) is 2. The number of carbonyl (C=O) groups is 1. The topological polar surface area (TPSA) is 124 Å². The molecule has 2 aromatic carbocycles. The average molecular weight is 588 g/mol. The summed E-state index contributed by atoms with van der Waals surface area (Å²) in [6.45, 7) is 7.51. The molecule has 0 spiro atoms. The maximum Gasteiger partial charge on any atom is 0.235 e. The fraction of sp³-hybridized carbons (Fsp3) is 0.321. The number of anilines is 2. The predicted octanol–water partition coefficient (Wildman–Crippen LogP) is 4.89. The van der Waals surface area contributed by atoms with Crippen LogP contribution in [0, 0.1) is 12.8 Å². The van der Waals surface area contributed by atoms with Gasteiger partial charge >= 0.3 is 0 Å². The number of fused-ring (bicyclic) bond motifs is 1. The molecular formula is C28H34ClN5O5S. The number of amides is 1. The minimum atomic E-state index is -3.38. The van der Waals surface area contributed by atoms with Crippen molar-refractivity contribution in [1.29, 1.82) is 0 Å². The molecule has 0 unspecified atom stereocenters. The maximum absolute atomic E-state index is 11.9. The van der Waals surface area contributed by atoms with Crippen LogP contribution in [0.5, 0.6) is 17.2 Å².